The van der Waals surface area contributed by atoms with Gasteiger partial charge in [-0.3, -0.25) is 9.69 Å². The molecule has 1 saturated heterocycles. The maximum absolute atomic E-state index is 12.0. The summed E-state index contributed by atoms with van der Waals surface area (Å²) in [4.78, 5) is 14.2. The molecule has 1 rings (SSSR count). The molecular weight excluding hydrogens is 226 g/mol. The van der Waals surface area contributed by atoms with Gasteiger partial charge in [0.05, 0.1) is 11.5 Å². The third kappa shape index (κ3) is 4.03. The molecule has 0 atom stereocenters. The predicted molar refractivity (Wildman–Crippen MR) is 73.1 cm³/mol. The lowest BCUT2D eigenvalue weighted by Crippen LogP contribution is -2.48. The van der Waals surface area contributed by atoms with Gasteiger partial charge < -0.3 is 4.74 Å². The normalized spacial score (nSPS) is 19.3. The van der Waals surface area contributed by atoms with Gasteiger partial charge in [0, 0.05) is 13.1 Å². The third-order valence-electron chi connectivity index (χ3n) is 3.38. The van der Waals surface area contributed by atoms with Crippen molar-refractivity contribution in [2.24, 2.45) is 5.92 Å². The Hall–Kier alpha value is -1.01. The van der Waals surface area contributed by atoms with Gasteiger partial charge in [-0.1, -0.05) is 5.92 Å². The number of carbonyl (C=O) groups is 1. The van der Waals surface area contributed by atoms with E-state index in [1.165, 1.54) is 0 Å². The van der Waals surface area contributed by atoms with Crippen LogP contribution in [-0.2, 0) is 9.53 Å². The molecule has 0 amide bonds. The lowest BCUT2D eigenvalue weighted by Gasteiger charge is -2.39. The minimum Gasteiger partial charge on any atom is -0.460 e. The van der Waals surface area contributed by atoms with Crippen molar-refractivity contribution in [2.45, 2.75) is 58.6 Å². The van der Waals surface area contributed by atoms with Crippen LogP contribution in [0.25, 0.3) is 0 Å². The number of rotatable bonds is 2. The number of terminal acetylenes is 1. The molecule has 3 nitrogen and oxygen atoms in total. The molecule has 102 valence electrons. The molecule has 1 heterocycles. The number of piperidine rings is 1. The largest absolute Gasteiger partial charge is 0.460 e. The number of nitrogens with zero attached hydrogens (tertiary/aromatic N) is 1. The second-order valence-electron chi connectivity index (χ2n) is 6.50. The van der Waals surface area contributed by atoms with Gasteiger partial charge in [-0.2, -0.15) is 0 Å². The van der Waals surface area contributed by atoms with Crippen LogP contribution in [0.4, 0.5) is 0 Å². The van der Waals surface area contributed by atoms with Gasteiger partial charge in [-0.15, -0.1) is 6.42 Å². The van der Waals surface area contributed by atoms with E-state index in [4.69, 9.17) is 11.2 Å². The molecule has 1 aliphatic heterocycles. The summed E-state index contributed by atoms with van der Waals surface area (Å²) in [6.07, 6.45) is 7.20. The summed E-state index contributed by atoms with van der Waals surface area (Å²) in [6, 6.07) is 0. The van der Waals surface area contributed by atoms with Crippen LogP contribution in [0.15, 0.2) is 0 Å². The zero-order valence-electron chi connectivity index (χ0n) is 12.2. The molecule has 0 spiro atoms. The molecule has 0 saturated carbocycles. The Morgan fingerprint density at radius 2 is 1.72 bits per heavy atom. The van der Waals surface area contributed by atoms with Gasteiger partial charge in [-0.05, 0) is 47.5 Å². The predicted octanol–water partition coefficient (Wildman–Crippen LogP) is 2.45. The molecule has 0 radical (unpaired) electrons. The highest BCUT2D eigenvalue weighted by atomic mass is 16.6. The highest BCUT2D eigenvalue weighted by Crippen LogP contribution is 2.25. The Morgan fingerprint density at radius 3 is 2.11 bits per heavy atom. The van der Waals surface area contributed by atoms with E-state index in [1.807, 2.05) is 34.6 Å². The van der Waals surface area contributed by atoms with Gasteiger partial charge in [0.25, 0.3) is 0 Å². The van der Waals surface area contributed by atoms with Gasteiger partial charge in [0.1, 0.15) is 5.60 Å². The van der Waals surface area contributed by atoms with Crippen LogP contribution in [-0.4, -0.2) is 35.1 Å². The van der Waals surface area contributed by atoms with Gasteiger partial charge in [0.15, 0.2) is 0 Å². The van der Waals surface area contributed by atoms with Crippen molar-refractivity contribution in [3.05, 3.63) is 0 Å². The highest BCUT2D eigenvalue weighted by molar-refractivity contribution is 5.73. The third-order valence-corrected chi connectivity index (χ3v) is 3.38. The average molecular weight is 251 g/mol. The van der Waals surface area contributed by atoms with E-state index in [1.54, 1.807) is 0 Å². The number of hydrogen-bond donors (Lipinski definition) is 0. The number of likely N-dealkylation sites (tertiary alicyclic amines) is 1. The highest BCUT2D eigenvalue weighted by Gasteiger charge is 2.33. The van der Waals surface area contributed by atoms with Crippen LogP contribution in [0.1, 0.15) is 47.5 Å². The summed E-state index contributed by atoms with van der Waals surface area (Å²) in [5.74, 6) is 2.76. The van der Waals surface area contributed by atoms with Gasteiger partial charge in [0.2, 0.25) is 0 Å². The molecule has 0 unspecified atom stereocenters. The Bertz CT molecular complexity index is 338. The van der Waals surface area contributed by atoms with Gasteiger partial charge >= 0.3 is 5.97 Å². The van der Waals surface area contributed by atoms with E-state index < -0.39 is 5.60 Å². The Kier molecular flexibility index (Phi) is 4.45. The SMILES string of the molecule is C#CC(C)(C)N1CCC(C(=O)OC(C)(C)C)CC1. The molecule has 0 N–H and O–H groups in total. The quantitative estimate of drug-likeness (QED) is 0.558. The molecule has 0 aromatic heterocycles. The summed E-state index contributed by atoms with van der Waals surface area (Å²) >= 11 is 0. The second-order valence-corrected chi connectivity index (χ2v) is 6.50. The van der Waals surface area contributed by atoms with E-state index in [0.717, 1.165) is 25.9 Å². The minimum atomic E-state index is -0.397. The topological polar surface area (TPSA) is 29.5 Å². The van der Waals surface area contributed by atoms with E-state index in [9.17, 15) is 4.79 Å². The molecule has 1 aliphatic rings. The Balaban J connectivity index is 2.50. The van der Waals surface area contributed by atoms with Crippen LogP contribution in [0, 0.1) is 18.3 Å². The lowest BCUT2D eigenvalue weighted by atomic mass is 9.92. The molecule has 3 heteroatoms. The van der Waals surface area contributed by atoms with E-state index in [-0.39, 0.29) is 17.4 Å². The fraction of sp³-hybridized carbons (Fsp3) is 0.800. The lowest BCUT2D eigenvalue weighted by molar-refractivity contribution is -0.162. The summed E-state index contributed by atoms with van der Waals surface area (Å²) in [7, 11) is 0. The number of carbonyl (C=O) groups excluding carboxylic acids is 1. The Labute approximate surface area is 111 Å². The zero-order valence-corrected chi connectivity index (χ0v) is 12.2. The Morgan fingerprint density at radius 1 is 1.22 bits per heavy atom. The van der Waals surface area contributed by atoms with Crippen molar-refractivity contribution in [2.75, 3.05) is 13.1 Å². The van der Waals surface area contributed by atoms with Crippen LogP contribution in [0.3, 0.4) is 0 Å². The monoisotopic (exact) mass is 251 g/mol. The molecule has 0 aliphatic carbocycles. The molecule has 18 heavy (non-hydrogen) atoms. The van der Waals surface area contributed by atoms with Crippen LogP contribution >= 0.6 is 0 Å². The zero-order chi connectivity index (χ0) is 14.0. The maximum atomic E-state index is 12.0. The summed E-state index contributed by atoms with van der Waals surface area (Å²) in [5, 5.41) is 0. The van der Waals surface area contributed by atoms with Gasteiger partial charge in [-0.25, -0.2) is 0 Å². The van der Waals surface area contributed by atoms with Crippen molar-refractivity contribution >= 4 is 5.97 Å². The first kappa shape index (κ1) is 15.0. The average Bonchev–Trinajstić information content (AvgIpc) is 2.27. The minimum absolute atomic E-state index is 0.0223. The first-order valence-corrected chi connectivity index (χ1v) is 6.61. The number of esters is 1. The number of hydrogen-bond acceptors (Lipinski definition) is 3. The maximum Gasteiger partial charge on any atom is 0.309 e. The molecule has 0 aromatic rings. The van der Waals surface area contributed by atoms with Crippen molar-refractivity contribution in [3.8, 4) is 12.3 Å². The number of ether oxygens (including phenoxy) is 1. The molecule has 0 bridgehead atoms. The fourth-order valence-corrected chi connectivity index (χ4v) is 2.15. The van der Waals surface area contributed by atoms with Crippen molar-refractivity contribution < 1.29 is 9.53 Å². The summed E-state index contributed by atoms with van der Waals surface area (Å²) < 4.78 is 5.43. The van der Waals surface area contributed by atoms with Crippen LogP contribution in [0.5, 0.6) is 0 Å². The van der Waals surface area contributed by atoms with Crippen LogP contribution in [0.2, 0.25) is 0 Å². The summed E-state index contributed by atoms with van der Waals surface area (Å²) in [6.45, 7) is 11.5. The summed E-state index contributed by atoms with van der Waals surface area (Å²) in [5.41, 5.74) is -0.620. The van der Waals surface area contributed by atoms with Crippen molar-refractivity contribution in [1.82, 2.24) is 4.90 Å². The van der Waals surface area contributed by atoms with E-state index in [2.05, 4.69) is 10.8 Å². The van der Waals surface area contributed by atoms with Crippen LogP contribution < -0.4 is 0 Å². The van der Waals surface area contributed by atoms with E-state index in [0.29, 0.717) is 0 Å². The van der Waals surface area contributed by atoms with Crippen molar-refractivity contribution in [1.29, 1.82) is 0 Å². The van der Waals surface area contributed by atoms with E-state index >= 15 is 0 Å². The molecule has 0 aromatic carbocycles. The standard InChI is InChI=1S/C15H25NO2/c1-7-15(5,6)16-10-8-12(9-11-16)13(17)18-14(2,3)4/h1,12H,8-11H2,2-6H3. The fourth-order valence-electron chi connectivity index (χ4n) is 2.15. The molecule has 1 fully saturated rings. The first-order chi connectivity index (χ1) is 8.15. The van der Waals surface area contributed by atoms with Crippen molar-refractivity contribution in [3.63, 3.8) is 0 Å². The molecular formula is C15H25NO2. The first-order valence-electron chi connectivity index (χ1n) is 6.61. The second kappa shape index (κ2) is 5.32. The smallest absolute Gasteiger partial charge is 0.309 e.